The molecule has 0 spiro atoms. The van der Waals surface area contributed by atoms with Crippen LogP contribution in [0.25, 0.3) is 0 Å². The Balaban J connectivity index is 2.52. The average molecular weight is 302 g/mol. The minimum Gasteiger partial charge on any atom is -0.492 e. The fourth-order valence-electron chi connectivity index (χ4n) is 1.30. The number of nitrogens with two attached hydrogens (primary N) is 1. The van der Waals surface area contributed by atoms with E-state index in [0.29, 0.717) is 13.2 Å². The summed E-state index contributed by atoms with van der Waals surface area (Å²) in [5.41, 5.74) is 6.50. The SMILES string of the molecule is COC(C)(C)CCOc1ccc(CN)cc1Br. The van der Waals surface area contributed by atoms with E-state index >= 15 is 0 Å². The van der Waals surface area contributed by atoms with Gasteiger partial charge in [-0.3, -0.25) is 0 Å². The van der Waals surface area contributed by atoms with Crippen LogP contribution in [0.4, 0.5) is 0 Å². The Labute approximate surface area is 111 Å². The largest absolute Gasteiger partial charge is 0.492 e. The second-order valence-corrected chi connectivity index (χ2v) is 5.39. The molecule has 0 fully saturated rings. The van der Waals surface area contributed by atoms with E-state index in [0.717, 1.165) is 22.2 Å². The third kappa shape index (κ3) is 4.66. The summed E-state index contributed by atoms with van der Waals surface area (Å²) in [5.74, 6) is 0.842. The number of methoxy groups -OCH3 is 1. The molecule has 96 valence electrons. The Morgan fingerprint density at radius 1 is 1.35 bits per heavy atom. The predicted octanol–water partition coefficient (Wildman–Crippen LogP) is 3.10. The molecule has 0 amide bonds. The van der Waals surface area contributed by atoms with E-state index < -0.39 is 0 Å². The molecule has 0 aliphatic rings. The third-order valence-corrected chi connectivity index (χ3v) is 3.37. The van der Waals surface area contributed by atoms with E-state index in [4.69, 9.17) is 15.2 Å². The maximum atomic E-state index is 5.71. The van der Waals surface area contributed by atoms with E-state index in [2.05, 4.69) is 15.9 Å². The van der Waals surface area contributed by atoms with Crippen LogP contribution in [0.2, 0.25) is 0 Å². The maximum absolute atomic E-state index is 5.71. The lowest BCUT2D eigenvalue weighted by Crippen LogP contribution is -2.25. The van der Waals surface area contributed by atoms with Crippen molar-refractivity contribution < 1.29 is 9.47 Å². The van der Waals surface area contributed by atoms with Gasteiger partial charge in [-0.1, -0.05) is 6.07 Å². The lowest BCUT2D eigenvalue weighted by molar-refractivity contribution is 0.00539. The van der Waals surface area contributed by atoms with Gasteiger partial charge >= 0.3 is 0 Å². The fourth-order valence-corrected chi connectivity index (χ4v) is 1.84. The predicted molar refractivity (Wildman–Crippen MR) is 73.2 cm³/mol. The minimum absolute atomic E-state index is 0.149. The maximum Gasteiger partial charge on any atom is 0.133 e. The molecule has 0 heterocycles. The monoisotopic (exact) mass is 301 g/mol. The number of hydrogen-bond acceptors (Lipinski definition) is 3. The van der Waals surface area contributed by atoms with Crippen LogP contribution in [0.3, 0.4) is 0 Å². The lowest BCUT2D eigenvalue weighted by Gasteiger charge is -2.22. The first-order chi connectivity index (χ1) is 7.98. The van der Waals surface area contributed by atoms with E-state index in [9.17, 15) is 0 Å². The van der Waals surface area contributed by atoms with Crippen molar-refractivity contribution in [3.8, 4) is 5.75 Å². The second-order valence-electron chi connectivity index (χ2n) is 4.53. The van der Waals surface area contributed by atoms with Crippen LogP contribution in [0.5, 0.6) is 5.75 Å². The smallest absolute Gasteiger partial charge is 0.133 e. The summed E-state index contributed by atoms with van der Waals surface area (Å²) >= 11 is 3.47. The van der Waals surface area contributed by atoms with Crippen LogP contribution < -0.4 is 10.5 Å². The van der Waals surface area contributed by atoms with Crippen LogP contribution in [0.15, 0.2) is 22.7 Å². The molecule has 4 heteroatoms. The Hall–Kier alpha value is -0.580. The number of rotatable bonds is 6. The van der Waals surface area contributed by atoms with Crippen LogP contribution >= 0.6 is 15.9 Å². The average Bonchev–Trinajstić information content (AvgIpc) is 2.31. The van der Waals surface area contributed by atoms with Gasteiger partial charge in [-0.15, -0.1) is 0 Å². The van der Waals surface area contributed by atoms with Gasteiger partial charge in [0, 0.05) is 20.1 Å². The molecule has 3 nitrogen and oxygen atoms in total. The number of hydrogen-bond donors (Lipinski definition) is 1. The van der Waals surface area contributed by atoms with Crippen molar-refractivity contribution >= 4 is 15.9 Å². The molecule has 0 unspecified atom stereocenters. The molecule has 0 aliphatic carbocycles. The highest BCUT2D eigenvalue weighted by Crippen LogP contribution is 2.26. The Bertz CT molecular complexity index is 366. The van der Waals surface area contributed by atoms with Gasteiger partial charge in [-0.2, -0.15) is 0 Å². The van der Waals surface area contributed by atoms with E-state index in [1.54, 1.807) is 7.11 Å². The molecule has 0 saturated carbocycles. The molecular weight excluding hydrogens is 282 g/mol. The van der Waals surface area contributed by atoms with Crippen molar-refractivity contribution in [2.45, 2.75) is 32.4 Å². The molecular formula is C13H20BrNO2. The van der Waals surface area contributed by atoms with Crippen molar-refractivity contribution in [1.82, 2.24) is 0 Å². The molecule has 1 aromatic carbocycles. The number of benzene rings is 1. The first-order valence-corrected chi connectivity index (χ1v) is 6.44. The summed E-state index contributed by atoms with van der Waals surface area (Å²) < 4.78 is 12.0. The highest BCUT2D eigenvalue weighted by Gasteiger charge is 2.16. The number of ether oxygens (including phenoxy) is 2. The van der Waals surface area contributed by atoms with Gasteiger partial charge in [-0.25, -0.2) is 0 Å². The highest BCUT2D eigenvalue weighted by atomic mass is 79.9. The second kappa shape index (κ2) is 6.38. The summed E-state index contributed by atoms with van der Waals surface area (Å²) in [4.78, 5) is 0. The first kappa shape index (κ1) is 14.5. The van der Waals surface area contributed by atoms with Crippen molar-refractivity contribution in [2.75, 3.05) is 13.7 Å². The van der Waals surface area contributed by atoms with Gasteiger partial charge < -0.3 is 15.2 Å². The molecule has 0 saturated heterocycles. The molecule has 0 aliphatic heterocycles. The topological polar surface area (TPSA) is 44.5 Å². The van der Waals surface area contributed by atoms with Gasteiger partial charge in [0.05, 0.1) is 16.7 Å². The van der Waals surface area contributed by atoms with Crippen LogP contribution in [0, 0.1) is 0 Å². The van der Waals surface area contributed by atoms with Crippen LogP contribution in [-0.2, 0) is 11.3 Å². The fraction of sp³-hybridized carbons (Fsp3) is 0.538. The zero-order valence-electron chi connectivity index (χ0n) is 10.6. The van der Waals surface area contributed by atoms with E-state index in [1.165, 1.54) is 0 Å². The van der Waals surface area contributed by atoms with Crippen molar-refractivity contribution in [3.05, 3.63) is 28.2 Å². The van der Waals surface area contributed by atoms with Crippen molar-refractivity contribution in [3.63, 3.8) is 0 Å². The molecule has 2 N–H and O–H groups in total. The Kier molecular flexibility index (Phi) is 5.43. The quantitative estimate of drug-likeness (QED) is 0.878. The minimum atomic E-state index is -0.149. The molecule has 1 aromatic rings. The van der Waals surface area contributed by atoms with Crippen LogP contribution in [0.1, 0.15) is 25.8 Å². The number of halogens is 1. The summed E-state index contributed by atoms with van der Waals surface area (Å²) in [5, 5.41) is 0. The standard InChI is InChI=1S/C13H20BrNO2/c1-13(2,16-3)6-7-17-12-5-4-10(9-15)8-11(12)14/h4-5,8H,6-7,9,15H2,1-3H3. The van der Waals surface area contributed by atoms with Gasteiger partial charge in [0.1, 0.15) is 5.75 Å². The van der Waals surface area contributed by atoms with Gasteiger partial charge in [0.15, 0.2) is 0 Å². The molecule has 1 rings (SSSR count). The van der Waals surface area contributed by atoms with Gasteiger partial charge in [0.2, 0.25) is 0 Å². The zero-order valence-corrected chi connectivity index (χ0v) is 12.2. The van der Waals surface area contributed by atoms with Gasteiger partial charge in [-0.05, 0) is 47.5 Å². The normalized spacial score (nSPS) is 11.6. The highest BCUT2D eigenvalue weighted by molar-refractivity contribution is 9.10. The third-order valence-electron chi connectivity index (χ3n) is 2.75. The summed E-state index contributed by atoms with van der Waals surface area (Å²) in [6.45, 7) is 5.25. The summed E-state index contributed by atoms with van der Waals surface area (Å²) in [6.07, 6.45) is 0.842. The molecule has 0 aromatic heterocycles. The van der Waals surface area contributed by atoms with Gasteiger partial charge in [0.25, 0.3) is 0 Å². The van der Waals surface area contributed by atoms with E-state index in [1.807, 2.05) is 32.0 Å². The first-order valence-electron chi connectivity index (χ1n) is 5.65. The molecule has 0 atom stereocenters. The Morgan fingerprint density at radius 2 is 2.06 bits per heavy atom. The Morgan fingerprint density at radius 3 is 2.59 bits per heavy atom. The van der Waals surface area contributed by atoms with Crippen LogP contribution in [-0.4, -0.2) is 19.3 Å². The summed E-state index contributed by atoms with van der Waals surface area (Å²) in [6, 6.07) is 5.89. The van der Waals surface area contributed by atoms with Crippen molar-refractivity contribution in [1.29, 1.82) is 0 Å². The zero-order chi connectivity index (χ0) is 12.9. The molecule has 0 radical (unpaired) electrons. The molecule has 0 bridgehead atoms. The summed E-state index contributed by atoms with van der Waals surface area (Å²) in [7, 11) is 1.71. The molecule has 17 heavy (non-hydrogen) atoms. The van der Waals surface area contributed by atoms with Crippen molar-refractivity contribution in [2.24, 2.45) is 5.73 Å². The lowest BCUT2D eigenvalue weighted by atomic mass is 10.1. The van der Waals surface area contributed by atoms with E-state index in [-0.39, 0.29) is 5.60 Å².